The summed E-state index contributed by atoms with van der Waals surface area (Å²) >= 11 is 0. The number of aryl methyl sites for hydroxylation is 1. The third-order valence-corrected chi connectivity index (χ3v) is 5.83. The van der Waals surface area contributed by atoms with Crippen molar-refractivity contribution in [2.45, 2.75) is 51.4 Å². The highest BCUT2D eigenvalue weighted by Crippen LogP contribution is 2.32. The lowest BCUT2D eigenvalue weighted by Gasteiger charge is -2.35. The van der Waals surface area contributed by atoms with Crippen molar-refractivity contribution in [2.24, 2.45) is 5.92 Å². The van der Waals surface area contributed by atoms with Crippen molar-refractivity contribution in [1.82, 2.24) is 14.5 Å². The molecule has 1 N–H and O–H groups in total. The first-order valence-corrected chi connectivity index (χ1v) is 10.3. The highest BCUT2D eigenvalue weighted by Gasteiger charge is 2.34. The Morgan fingerprint density at radius 1 is 1.34 bits per heavy atom. The van der Waals surface area contributed by atoms with Gasteiger partial charge in [-0.2, -0.15) is 18.4 Å². The van der Waals surface area contributed by atoms with E-state index in [2.05, 4.69) is 10.3 Å². The van der Waals surface area contributed by atoms with Gasteiger partial charge < -0.3 is 14.8 Å². The van der Waals surface area contributed by atoms with Crippen LogP contribution in [0.15, 0.2) is 30.6 Å². The highest BCUT2D eigenvalue weighted by atomic mass is 19.4. The van der Waals surface area contributed by atoms with Crippen LogP contribution in [0.5, 0.6) is 0 Å². The summed E-state index contributed by atoms with van der Waals surface area (Å²) in [5.74, 6) is -0.634. The van der Waals surface area contributed by atoms with E-state index in [1.165, 1.54) is 23.4 Å². The molecule has 170 valence electrons. The van der Waals surface area contributed by atoms with E-state index in [0.29, 0.717) is 37.2 Å². The van der Waals surface area contributed by atoms with Crippen LogP contribution in [0.2, 0.25) is 0 Å². The van der Waals surface area contributed by atoms with E-state index in [-0.39, 0.29) is 30.0 Å². The summed E-state index contributed by atoms with van der Waals surface area (Å²) in [4.78, 5) is 31.3. The van der Waals surface area contributed by atoms with E-state index < -0.39 is 17.6 Å². The van der Waals surface area contributed by atoms with E-state index in [0.717, 1.165) is 12.1 Å². The summed E-state index contributed by atoms with van der Waals surface area (Å²) in [5, 5.41) is 11.8. The number of benzene rings is 1. The van der Waals surface area contributed by atoms with E-state index in [1.807, 2.05) is 6.07 Å². The zero-order valence-corrected chi connectivity index (χ0v) is 17.8. The standard InChI is InChI=1S/C22H24F3N5O2/c1-14-19(30(10-9-26)13-27-14)28-20(31)15-5-4-8-18(12-15)29(2)21(32)16-6-3-7-17(11-16)22(23,24)25/h3,6-7,11,13,15,18H,4-5,8,10,12H2,1-2H3,(H,28,31)/t15-,18+/m0/s1. The minimum atomic E-state index is -4.53. The molecule has 1 aromatic carbocycles. The highest BCUT2D eigenvalue weighted by molar-refractivity contribution is 5.95. The zero-order valence-electron chi connectivity index (χ0n) is 17.8. The van der Waals surface area contributed by atoms with E-state index in [4.69, 9.17) is 5.26 Å². The van der Waals surface area contributed by atoms with Crippen molar-refractivity contribution < 1.29 is 22.8 Å². The number of halogens is 3. The van der Waals surface area contributed by atoms with Crippen molar-refractivity contribution in [3.63, 3.8) is 0 Å². The second kappa shape index (κ2) is 9.42. The first-order valence-electron chi connectivity index (χ1n) is 10.3. The van der Waals surface area contributed by atoms with Crippen LogP contribution in [-0.4, -0.2) is 39.4 Å². The van der Waals surface area contributed by atoms with Crippen molar-refractivity contribution in [3.05, 3.63) is 47.4 Å². The number of amides is 2. The Hall–Kier alpha value is -3.35. The molecule has 7 nitrogen and oxygen atoms in total. The molecular weight excluding hydrogens is 423 g/mol. The Labute approximate surface area is 183 Å². The van der Waals surface area contributed by atoms with Gasteiger partial charge in [0.2, 0.25) is 5.91 Å². The number of rotatable bonds is 5. The van der Waals surface area contributed by atoms with Gasteiger partial charge in [-0.05, 0) is 44.4 Å². The average Bonchev–Trinajstić information content (AvgIpc) is 3.11. The number of imidazole rings is 1. The molecule has 0 radical (unpaired) electrons. The number of aromatic nitrogens is 2. The lowest BCUT2D eigenvalue weighted by molar-refractivity contribution is -0.137. The quantitative estimate of drug-likeness (QED) is 0.750. The van der Waals surface area contributed by atoms with Crippen LogP contribution in [0, 0.1) is 24.2 Å². The number of carbonyl (C=O) groups is 2. The summed E-state index contributed by atoms with van der Waals surface area (Å²) in [6.45, 7) is 1.78. The Bertz CT molecular complexity index is 1040. The fourth-order valence-electron chi connectivity index (χ4n) is 4.01. The van der Waals surface area contributed by atoms with Crippen LogP contribution >= 0.6 is 0 Å². The molecule has 10 heteroatoms. The van der Waals surface area contributed by atoms with Crippen molar-refractivity contribution in [3.8, 4) is 6.07 Å². The van der Waals surface area contributed by atoms with Gasteiger partial charge in [0.1, 0.15) is 12.4 Å². The fourth-order valence-corrected chi connectivity index (χ4v) is 4.01. The summed E-state index contributed by atoms with van der Waals surface area (Å²) in [7, 11) is 1.56. The maximum Gasteiger partial charge on any atom is 0.416 e. The molecule has 0 unspecified atom stereocenters. The molecule has 1 aliphatic rings. The number of nitriles is 1. The molecule has 1 heterocycles. The van der Waals surface area contributed by atoms with Crippen LogP contribution in [-0.2, 0) is 17.5 Å². The lowest BCUT2D eigenvalue weighted by atomic mass is 9.84. The molecule has 2 aromatic rings. The summed E-state index contributed by atoms with van der Waals surface area (Å²) < 4.78 is 40.5. The van der Waals surface area contributed by atoms with E-state index in [9.17, 15) is 22.8 Å². The Kier molecular flexibility index (Phi) is 6.87. The third-order valence-electron chi connectivity index (χ3n) is 5.83. The predicted molar refractivity (Wildman–Crippen MR) is 110 cm³/mol. The van der Waals surface area contributed by atoms with Crippen LogP contribution in [0.25, 0.3) is 0 Å². The lowest BCUT2D eigenvalue weighted by Crippen LogP contribution is -2.42. The van der Waals surface area contributed by atoms with Gasteiger partial charge in [0.15, 0.2) is 0 Å². The molecule has 1 saturated carbocycles. The number of hydrogen-bond donors (Lipinski definition) is 1. The molecular formula is C22H24F3N5O2. The second-order valence-electron chi connectivity index (χ2n) is 7.97. The number of nitrogens with one attached hydrogen (secondary N) is 1. The van der Waals surface area contributed by atoms with Crippen LogP contribution in [0.3, 0.4) is 0 Å². The molecule has 0 bridgehead atoms. The minimum absolute atomic E-state index is 0.0371. The zero-order chi connectivity index (χ0) is 23.5. The number of carbonyl (C=O) groups excluding carboxylic acids is 2. The molecule has 1 aromatic heterocycles. The average molecular weight is 447 g/mol. The van der Waals surface area contributed by atoms with Gasteiger partial charge in [0, 0.05) is 24.6 Å². The Morgan fingerprint density at radius 3 is 2.78 bits per heavy atom. The molecule has 1 fully saturated rings. The van der Waals surface area contributed by atoms with Gasteiger partial charge in [0.05, 0.1) is 23.7 Å². The van der Waals surface area contributed by atoms with Crippen molar-refractivity contribution in [1.29, 1.82) is 5.26 Å². The van der Waals surface area contributed by atoms with Gasteiger partial charge in [-0.1, -0.05) is 12.5 Å². The summed E-state index contributed by atoms with van der Waals surface area (Å²) in [5.41, 5.74) is -0.315. The second-order valence-corrected chi connectivity index (χ2v) is 7.97. The molecule has 1 aliphatic carbocycles. The maximum absolute atomic E-state index is 13.0. The molecule has 3 rings (SSSR count). The van der Waals surface area contributed by atoms with E-state index in [1.54, 1.807) is 18.5 Å². The van der Waals surface area contributed by atoms with Crippen LogP contribution in [0.1, 0.15) is 47.3 Å². The van der Waals surface area contributed by atoms with Gasteiger partial charge in [-0.25, -0.2) is 4.98 Å². The monoisotopic (exact) mass is 447 g/mol. The number of alkyl halides is 3. The van der Waals surface area contributed by atoms with Gasteiger partial charge in [-0.3, -0.25) is 9.59 Å². The Morgan fingerprint density at radius 2 is 2.09 bits per heavy atom. The minimum Gasteiger partial charge on any atom is -0.339 e. The van der Waals surface area contributed by atoms with E-state index >= 15 is 0 Å². The van der Waals surface area contributed by atoms with Gasteiger partial charge in [0.25, 0.3) is 5.91 Å². The predicted octanol–water partition coefficient (Wildman–Crippen LogP) is 4.00. The summed E-state index contributed by atoms with van der Waals surface area (Å²) in [6.07, 6.45) is -0.633. The smallest absolute Gasteiger partial charge is 0.339 e. The molecule has 0 spiro atoms. The maximum atomic E-state index is 13.0. The number of anilines is 1. The number of nitrogens with zero attached hydrogens (tertiary/aromatic N) is 4. The fraction of sp³-hybridized carbons (Fsp3) is 0.455. The normalized spacial score (nSPS) is 18.6. The first-order chi connectivity index (χ1) is 15.1. The Balaban J connectivity index is 1.69. The molecule has 0 aliphatic heterocycles. The molecule has 2 atom stereocenters. The van der Waals surface area contributed by atoms with Gasteiger partial charge in [-0.15, -0.1) is 0 Å². The van der Waals surface area contributed by atoms with Crippen molar-refractivity contribution in [2.75, 3.05) is 12.4 Å². The summed E-state index contributed by atoms with van der Waals surface area (Å²) in [6, 6.07) is 6.10. The topological polar surface area (TPSA) is 91.0 Å². The van der Waals surface area contributed by atoms with Crippen LogP contribution < -0.4 is 5.32 Å². The largest absolute Gasteiger partial charge is 0.416 e. The van der Waals surface area contributed by atoms with Crippen LogP contribution in [0.4, 0.5) is 19.0 Å². The SMILES string of the molecule is Cc1ncn(CC#N)c1NC(=O)[C@H]1CCC[C@@H](N(C)C(=O)c2cccc(C(F)(F)F)c2)C1. The molecule has 0 saturated heterocycles. The molecule has 2 amide bonds. The van der Waals surface area contributed by atoms with Crippen molar-refractivity contribution >= 4 is 17.6 Å². The number of hydrogen-bond acceptors (Lipinski definition) is 4. The molecule has 32 heavy (non-hydrogen) atoms. The van der Waals surface area contributed by atoms with Gasteiger partial charge >= 0.3 is 6.18 Å². The first kappa shape index (κ1) is 23.3. The third kappa shape index (κ3) is 5.10.